The molecule has 4 aliphatic rings. The molecule has 0 spiro atoms. The fraction of sp³-hybridized carbons (Fsp3) is 0.571. The fourth-order valence-electron chi connectivity index (χ4n) is 4.49. The second kappa shape index (κ2) is 12.7. The summed E-state index contributed by atoms with van der Waals surface area (Å²) in [7, 11) is -0.924. The van der Waals surface area contributed by atoms with E-state index < -0.39 is 8.07 Å². The predicted molar refractivity (Wildman–Crippen MR) is 99.1 cm³/mol. The minimum absolute atomic E-state index is 0. The van der Waals surface area contributed by atoms with Gasteiger partial charge in [0.1, 0.15) is 0 Å². The van der Waals surface area contributed by atoms with Crippen LogP contribution in [0, 0.1) is 17.5 Å². The van der Waals surface area contributed by atoms with Crippen molar-refractivity contribution in [2.24, 2.45) is 5.92 Å². The summed E-state index contributed by atoms with van der Waals surface area (Å²) in [6.07, 6.45) is 25.8. The van der Waals surface area contributed by atoms with Crippen LogP contribution in [0.2, 0.25) is 18.1 Å². The van der Waals surface area contributed by atoms with E-state index in [1.807, 2.05) is 23.3 Å². The van der Waals surface area contributed by atoms with E-state index in [1.165, 1.54) is 38.5 Å². The fourth-order valence-corrected chi connectivity index (χ4v) is 9.71. The van der Waals surface area contributed by atoms with Gasteiger partial charge in [-0.05, 0) is 20.4 Å². The first-order valence-electron chi connectivity index (χ1n) is 9.31. The molecule has 0 amide bonds. The molecule has 0 aromatic rings. The average Bonchev–Trinajstić information content (AvgIpc) is 3.20. The Hall–Kier alpha value is 0.341. The Labute approximate surface area is 183 Å². The van der Waals surface area contributed by atoms with Gasteiger partial charge in [-0.25, -0.2) is 29.3 Å². The van der Waals surface area contributed by atoms with Crippen molar-refractivity contribution in [2.75, 3.05) is 0 Å². The molecule has 0 bridgehead atoms. The molecule has 1 unspecified atom stereocenters. The van der Waals surface area contributed by atoms with Crippen LogP contribution >= 0.6 is 0 Å². The quantitative estimate of drug-likeness (QED) is 0.448. The van der Waals surface area contributed by atoms with E-state index in [1.54, 1.807) is 18.1 Å². The molecule has 0 nitrogen and oxygen atoms in total. The van der Waals surface area contributed by atoms with Gasteiger partial charge in [-0.15, -0.1) is 18.6 Å². The Balaban J connectivity index is 0.000000630. The third kappa shape index (κ3) is 6.18. The number of fused-ring (bicyclic) bond motifs is 1. The summed E-state index contributed by atoms with van der Waals surface area (Å²) in [6, 6.07) is 4.85. The van der Waals surface area contributed by atoms with Gasteiger partial charge in [0.2, 0.25) is 0 Å². The molecule has 1 aliphatic heterocycles. The van der Waals surface area contributed by atoms with E-state index in [2.05, 4.69) is 37.3 Å². The van der Waals surface area contributed by atoms with Crippen molar-refractivity contribution in [1.82, 2.24) is 0 Å². The van der Waals surface area contributed by atoms with Crippen molar-refractivity contribution in [3.63, 3.8) is 0 Å². The zero-order chi connectivity index (χ0) is 15.3. The predicted octanol–water partition coefficient (Wildman–Crippen LogP) is 0.360. The number of halogens is 2. The van der Waals surface area contributed by atoms with Gasteiger partial charge in [-0.1, -0.05) is 57.2 Å². The van der Waals surface area contributed by atoms with E-state index in [0.717, 1.165) is 12.3 Å². The maximum Gasteiger partial charge on any atom is 4.00 e. The topological polar surface area (TPSA) is 0 Å². The van der Waals surface area contributed by atoms with Gasteiger partial charge in [0.15, 0.2) is 0 Å². The third-order valence-electron chi connectivity index (χ3n) is 5.91. The Morgan fingerprint density at radius 3 is 2.52 bits per heavy atom. The molecular formula is C21H30Cl2SiTi. The number of hydrogen-bond donors (Lipinski definition) is 0. The first-order valence-corrected chi connectivity index (χ1v) is 11.9. The molecule has 1 saturated carbocycles. The normalized spacial score (nSPS) is 23.8. The Bertz CT molecular complexity index is 482. The van der Waals surface area contributed by atoms with Crippen LogP contribution in [0.1, 0.15) is 51.9 Å². The van der Waals surface area contributed by atoms with Crippen LogP contribution < -0.4 is 24.8 Å². The average molecular weight is 429 g/mol. The second-order valence-electron chi connectivity index (χ2n) is 7.24. The Morgan fingerprint density at radius 1 is 1.20 bits per heavy atom. The molecule has 25 heavy (non-hydrogen) atoms. The smallest absolute Gasteiger partial charge is 1.00 e. The summed E-state index contributed by atoms with van der Waals surface area (Å²) in [5.41, 5.74) is 3.83. The summed E-state index contributed by atoms with van der Waals surface area (Å²) in [6.45, 7) is 2.35. The van der Waals surface area contributed by atoms with Crippen molar-refractivity contribution in [1.29, 1.82) is 0 Å². The molecule has 0 N–H and O–H groups in total. The molecule has 4 heteroatoms. The molecule has 0 radical (unpaired) electrons. The zero-order valence-electron chi connectivity index (χ0n) is 15.4. The van der Waals surface area contributed by atoms with E-state index in [0.29, 0.717) is 0 Å². The summed E-state index contributed by atoms with van der Waals surface area (Å²) in [5, 5.41) is 0. The van der Waals surface area contributed by atoms with Gasteiger partial charge in [0.05, 0.1) is 0 Å². The molecule has 0 aromatic heterocycles. The summed E-state index contributed by atoms with van der Waals surface area (Å²) in [4.78, 5) is 0. The first-order chi connectivity index (χ1) is 10.9. The minimum Gasteiger partial charge on any atom is -1.00 e. The first kappa shape index (κ1) is 25.3. The van der Waals surface area contributed by atoms with Crippen molar-refractivity contribution in [2.45, 2.75) is 70.0 Å². The molecular weight excluding hydrogens is 399 g/mol. The number of unbranched alkanes of at least 4 members (excludes halogenated alkanes) is 1. The van der Waals surface area contributed by atoms with Gasteiger partial charge in [0, 0.05) is 0 Å². The van der Waals surface area contributed by atoms with E-state index >= 15 is 0 Å². The van der Waals surface area contributed by atoms with E-state index in [4.69, 9.17) is 0 Å². The molecule has 1 saturated heterocycles. The van der Waals surface area contributed by atoms with Gasteiger partial charge in [-0.3, -0.25) is 6.08 Å². The molecule has 2 fully saturated rings. The maximum absolute atomic E-state index is 2.99. The summed E-state index contributed by atoms with van der Waals surface area (Å²) in [5.74, 6) is 0.918. The van der Waals surface area contributed by atoms with Crippen molar-refractivity contribution in [3.8, 4) is 0 Å². The third-order valence-corrected chi connectivity index (χ3v) is 11.7. The SMILES string of the molecule is CCCC[Si]1([C-]2CCC3CC=CC=C23)CCC1.[C-]1=CC=CC1.[Cl-].[Cl-].[Ti+4]. The number of allylic oxidation sites excluding steroid dienone is 8. The van der Waals surface area contributed by atoms with Crippen molar-refractivity contribution in [3.05, 3.63) is 53.6 Å². The van der Waals surface area contributed by atoms with Gasteiger partial charge in [0.25, 0.3) is 0 Å². The Kier molecular flexibility index (Phi) is 12.9. The molecule has 0 aromatic carbocycles. The monoisotopic (exact) mass is 428 g/mol. The minimum atomic E-state index is -0.924. The maximum atomic E-state index is 2.99. The van der Waals surface area contributed by atoms with Crippen LogP contribution in [0.15, 0.2) is 42.0 Å². The zero-order valence-corrected chi connectivity index (χ0v) is 19.4. The van der Waals surface area contributed by atoms with Crippen LogP contribution in [0.5, 0.6) is 0 Å². The van der Waals surface area contributed by atoms with Gasteiger partial charge < -0.3 is 24.8 Å². The van der Waals surface area contributed by atoms with Crippen LogP contribution in [0.25, 0.3) is 0 Å². The van der Waals surface area contributed by atoms with Crippen LogP contribution in [0.3, 0.4) is 0 Å². The molecule has 3 aliphatic carbocycles. The van der Waals surface area contributed by atoms with Gasteiger partial charge >= 0.3 is 21.7 Å². The summed E-state index contributed by atoms with van der Waals surface area (Å²) >= 11 is 0. The van der Waals surface area contributed by atoms with Crippen molar-refractivity contribution >= 4 is 8.07 Å². The molecule has 4 rings (SSSR count). The summed E-state index contributed by atoms with van der Waals surface area (Å²) < 4.78 is 0. The second-order valence-corrected chi connectivity index (χ2v) is 11.9. The van der Waals surface area contributed by atoms with Crippen molar-refractivity contribution < 1.29 is 46.5 Å². The van der Waals surface area contributed by atoms with Crippen LogP contribution in [-0.4, -0.2) is 8.07 Å². The molecule has 1 atom stereocenters. The largest absolute Gasteiger partial charge is 4.00 e. The standard InChI is InChI=1S/C16H25Si.C5H5.2ClH.Ti/c1-2-3-11-17(12-6-13-17)16-10-9-14-7-4-5-8-15(14)16;1-2-4-5-3-1;;;/h4-5,8,14H,2-3,6-7,9-13H2,1H3;1-3H,4H2;2*1H;/q2*-1;;;+4/p-2. The van der Waals surface area contributed by atoms with Crippen LogP contribution in [-0.2, 0) is 21.7 Å². The van der Waals surface area contributed by atoms with Gasteiger partial charge in [-0.2, -0.15) is 6.08 Å². The number of rotatable bonds is 4. The Morgan fingerprint density at radius 2 is 2.00 bits per heavy atom. The van der Waals surface area contributed by atoms with Crippen LogP contribution in [0.4, 0.5) is 0 Å². The van der Waals surface area contributed by atoms with E-state index in [9.17, 15) is 0 Å². The number of hydrogen-bond acceptors (Lipinski definition) is 0. The molecule has 1 heterocycles. The van der Waals surface area contributed by atoms with E-state index in [-0.39, 0.29) is 46.5 Å². The molecule has 136 valence electrons.